The van der Waals surface area contributed by atoms with E-state index >= 15 is 0 Å². The number of para-hydroxylation sites is 1. The second-order valence-electron chi connectivity index (χ2n) is 4.18. The van der Waals surface area contributed by atoms with E-state index in [4.69, 9.17) is 9.15 Å². The Morgan fingerprint density at radius 1 is 1.22 bits per heavy atom. The third-order valence-corrected chi connectivity index (χ3v) is 2.82. The molecule has 1 unspecified atom stereocenters. The van der Waals surface area contributed by atoms with Gasteiger partial charge in [0.2, 0.25) is 0 Å². The highest BCUT2D eigenvalue weighted by atomic mass is 16.5. The Morgan fingerprint density at radius 2 is 2.06 bits per heavy atom. The van der Waals surface area contributed by atoms with E-state index in [0.717, 1.165) is 23.6 Å². The van der Waals surface area contributed by atoms with Crippen molar-refractivity contribution < 1.29 is 9.15 Å². The maximum absolute atomic E-state index is 5.47. The first kappa shape index (κ1) is 12.7. The molecule has 1 atom stereocenters. The van der Waals surface area contributed by atoms with Gasteiger partial charge >= 0.3 is 0 Å². The molecule has 3 heteroatoms. The predicted molar refractivity (Wildman–Crippen MR) is 72.5 cm³/mol. The first-order chi connectivity index (χ1) is 8.81. The first-order valence-electron chi connectivity index (χ1n) is 6.27. The van der Waals surface area contributed by atoms with Gasteiger partial charge in [-0.05, 0) is 32.0 Å². The average molecular weight is 245 g/mol. The molecule has 0 saturated carbocycles. The number of benzene rings is 1. The normalized spacial score (nSPS) is 12.3. The van der Waals surface area contributed by atoms with E-state index < -0.39 is 0 Å². The van der Waals surface area contributed by atoms with Crippen LogP contribution in [-0.2, 0) is 11.3 Å². The molecule has 96 valence electrons. The highest BCUT2D eigenvalue weighted by molar-refractivity contribution is 5.51. The summed E-state index contributed by atoms with van der Waals surface area (Å²) < 4.78 is 10.9. The van der Waals surface area contributed by atoms with E-state index in [2.05, 4.69) is 24.4 Å². The lowest BCUT2D eigenvalue weighted by molar-refractivity contribution is 0.134. The molecule has 0 aliphatic rings. The number of rotatable bonds is 6. The van der Waals surface area contributed by atoms with Gasteiger partial charge in [-0.25, -0.2) is 0 Å². The second kappa shape index (κ2) is 6.26. The van der Waals surface area contributed by atoms with Crippen LogP contribution >= 0.6 is 0 Å². The molecule has 0 aliphatic carbocycles. The molecule has 2 rings (SSSR count). The summed E-state index contributed by atoms with van der Waals surface area (Å²) in [5, 5.41) is 3.45. The summed E-state index contributed by atoms with van der Waals surface area (Å²) >= 11 is 0. The van der Waals surface area contributed by atoms with E-state index in [-0.39, 0.29) is 6.04 Å². The van der Waals surface area contributed by atoms with E-state index in [0.29, 0.717) is 6.61 Å². The molecule has 2 aromatic rings. The smallest absolute Gasteiger partial charge is 0.125 e. The molecule has 0 amide bonds. The molecule has 1 aromatic carbocycles. The fourth-order valence-corrected chi connectivity index (χ4v) is 1.84. The highest BCUT2D eigenvalue weighted by Gasteiger charge is 2.10. The summed E-state index contributed by atoms with van der Waals surface area (Å²) in [4.78, 5) is 0. The summed E-state index contributed by atoms with van der Waals surface area (Å²) in [5.41, 5.74) is 2.26. The number of hydrogen-bond donors (Lipinski definition) is 1. The van der Waals surface area contributed by atoms with Gasteiger partial charge in [-0.3, -0.25) is 0 Å². The van der Waals surface area contributed by atoms with Crippen LogP contribution in [0, 0.1) is 0 Å². The zero-order chi connectivity index (χ0) is 12.8. The molecular formula is C15H19NO2. The van der Waals surface area contributed by atoms with Gasteiger partial charge in [-0.15, -0.1) is 0 Å². The van der Waals surface area contributed by atoms with Crippen LogP contribution in [0.25, 0.3) is 0 Å². The maximum atomic E-state index is 5.47. The maximum Gasteiger partial charge on any atom is 0.125 e. The van der Waals surface area contributed by atoms with E-state index in [9.17, 15) is 0 Å². The number of hydrogen-bond acceptors (Lipinski definition) is 3. The average Bonchev–Trinajstić information content (AvgIpc) is 2.91. The highest BCUT2D eigenvalue weighted by Crippen LogP contribution is 2.23. The number of anilines is 1. The van der Waals surface area contributed by atoms with Crippen molar-refractivity contribution in [2.45, 2.75) is 26.5 Å². The molecule has 0 radical (unpaired) electrons. The minimum absolute atomic E-state index is 0.141. The SMILES string of the molecule is CCOCc1ccccc1NC(C)c1ccco1. The lowest BCUT2D eigenvalue weighted by atomic mass is 10.1. The Morgan fingerprint density at radius 3 is 2.78 bits per heavy atom. The standard InChI is InChI=1S/C15H19NO2/c1-3-17-11-13-7-4-5-8-14(13)16-12(2)15-9-6-10-18-15/h4-10,12,16H,3,11H2,1-2H3. The Hall–Kier alpha value is -1.74. The van der Waals surface area contributed by atoms with Crippen molar-refractivity contribution >= 4 is 5.69 Å². The summed E-state index contributed by atoms with van der Waals surface area (Å²) in [6.45, 7) is 5.43. The van der Waals surface area contributed by atoms with Gasteiger partial charge in [0.05, 0.1) is 18.9 Å². The fourth-order valence-electron chi connectivity index (χ4n) is 1.84. The van der Waals surface area contributed by atoms with E-state index in [1.807, 2.05) is 31.2 Å². The Labute approximate surface area is 108 Å². The van der Waals surface area contributed by atoms with Crippen LogP contribution in [0.15, 0.2) is 47.1 Å². The Bertz CT molecular complexity index is 465. The molecule has 3 nitrogen and oxygen atoms in total. The minimum atomic E-state index is 0.141. The van der Waals surface area contributed by atoms with Gasteiger partial charge in [0, 0.05) is 17.9 Å². The lowest BCUT2D eigenvalue weighted by Gasteiger charge is -2.16. The topological polar surface area (TPSA) is 34.4 Å². The van der Waals surface area contributed by atoms with Gasteiger partial charge < -0.3 is 14.5 Å². The van der Waals surface area contributed by atoms with Crippen molar-refractivity contribution in [1.82, 2.24) is 0 Å². The van der Waals surface area contributed by atoms with Crippen molar-refractivity contribution in [3.05, 3.63) is 54.0 Å². The molecule has 0 fully saturated rings. The zero-order valence-electron chi connectivity index (χ0n) is 10.8. The summed E-state index contributed by atoms with van der Waals surface area (Å²) in [7, 11) is 0. The monoisotopic (exact) mass is 245 g/mol. The van der Waals surface area contributed by atoms with E-state index in [1.165, 1.54) is 0 Å². The molecule has 0 aliphatic heterocycles. The van der Waals surface area contributed by atoms with Gasteiger partial charge in [0.25, 0.3) is 0 Å². The summed E-state index contributed by atoms with van der Waals surface area (Å²) in [6.07, 6.45) is 1.69. The lowest BCUT2D eigenvalue weighted by Crippen LogP contribution is -2.08. The second-order valence-corrected chi connectivity index (χ2v) is 4.18. The van der Waals surface area contributed by atoms with Gasteiger partial charge in [0.1, 0.15) is 5.76 Å². The predicted octanol–water partition coefficient (Wildman–Crippen LogP) is 3.99. The molecule has 1 aromatic heterocycles. The molecule has 1 heterocycles. The van der Waals surface area contributed by atoms with E-state index in [1.54, 1.807) is 6.26 Å². The van der Waals surface area contributed by atoms with Crippen LogP contribution in [-0.4, -0.2) is 6.61 Å². The number of ether oxygens (including phenoxy) is 1. The molecule has 0 bridgehead atoms. The van der Waals surface area contributed by atoms with Crippen LogP contribution in [0.3, 0.4) is 0 Å². The van der Waals surface area contributed by atoms with Crippen LogP contribution < -0.4 is 5.32 Å². The molecule has 0 spiro atoms. The van der Waals surface area contributed by atoms with Crippen LogP contribution in [0.1, 0.15) is 31.2 Å². The fraction of sp³-hybridized carbons (Fsp3) is 0.333. The van der Waals surface area contributed by atoms with Gasteiger partial charge in [-0.2, -0.15) is 0 Å². The zero-order valence-corrected chi connectivity index (χ0v) is 10.8. The molecular weight excluding hydrogens is 226 g/mol. The Kier molecular flexibility index (Phi) is 4.42. The van der Waals surface area contributed by atoms with Crippen molar-refractivity contribution in [1.29, 1.82) is 0 Å². The van der Waals surface area contributed by atoms with Crippen molar-refractivity contribution in [3.63, 3.8) is 0 Å². The van der Waals surface area contributed by atoms with Gasteiger partial charge in [0.15, 0.2) is 0 Å². The summed E-state index contributed by atoms with van der Waals surface area (Å²) in [5.74, 6) is 0.932. The first-order valence-corrected chi connectivity index (χ1v) is 6.27. The largest absolute Gasteiger partial charge is 0.467 e. The summed E-state index contributed by atoms with van der Waals surface area (Å²) in [6, 6.07) is 12.2. The van der Waals surface area contributed by atoms with Gasteiger partial charge in [-0.1, -0.05) is 18.2 Å². The third kappa shape index (κ3) is 3.14. The minimum Gasteiger partial charge on any atom is -0.467 e. The number of furan rings is 1. The van der Waals surface area contributed by atoms with Crippen LogP contribution in [0.2, 0.25) is 0 Å². The van der Waals surface area contributed by atoms with Crippen LogP contribution in [0.5, 0.6) is 0 Å². The van der Waals surface area contributed by atoms with Crippen molar-refractivity contribution in [2.75, 3.05) is 11.9 Å². The van der Waals surface area contributed by atoms with Crippen molar-refractivity contribution in [3.8, 4) is 0 Å². The Balaban J connectivity index is 2.08. The third-order valence-electron chi connectivity index (χ3n) is 2.82. The quantitative estimate of drug-likeness (QED) is 0.835. The molecule has 0 saturated heterocycles. The van der Waals surface area contributed by atoms with Crippen LogP contribution in [0.4, 0.5) is 5.69 Å². The van der Waals surface area contributed by atoms with Crippen molar-refractivity contribution in [2.24, 2.45) is 0 Å². The number of nitrogens with one attached hydrogen (secondary N) is 1. The molecule has 18 heavy (non-hydrogen) atoms. The molecule has 1 N–H and O–H groups in total.